The van der Waals surface area contributed by atoms with E-state index in [1.54, 1.807) is 13.0 Å². The van der Waals surface area contributed by atoms with Crippen LogP contribution in [0.15, 0.2) is 10.9 Å². The molecule has 0 aliphatic heterocycles. The highest BCUT2D eigenvalue weighted by Crippen LogP contribution is 2.09. The van der Waals surface area contributed by atoms with Gasteiger partial charge in [-0.25, -0.2) is 4.98 Å². The van der Waals surface area contributed by atoms with Crippen molar-refractivity contribution in [2.24, 2.45) is 0 Å². The van der Waals surface area contributed by atoms with Crippen molar-refractivity contribution < 1.29 is 4.79 Å². The van der Waals surface area contributed by atoms with Crippen LogP contribution in [0.25, 0.3) is 11.0 Å². The summed E-state index contributed by atoms with van der Waals surface area (Å²) < 4.78 is 1.47. The Bertz CT molecular complexity index is 724. The summed E-state index contributed by atoms with van der Waals surface area (Å²) in [7, 11) is 0. The Balaban J connectivity index is 2.34. The number of hydrogen-bond donors (Lipinski definition) is 1. The maximum absolute atomic E-state index is 12.6. The third-order valence-corrected chi connectivity index (χ3v) is 3.70. The van der Waals surface area contributed by atoms with Crippen molar-refractivity contribution in [1.82, 2.24) is 19.4 Å². The predicted octanol–water partition coefficient (Wildman–Crippen LogP) is 1.99. The van der Waals surface area contributed by atoms with Gasteiger partial charge in [0.2, 0.25) is 5.91 Å². The van der Waals surface area contributed by atoms with Crippen LogP contribution in [0.1, 0.15) is 38.2 Å². The van der Waals surface area contributed by atoms with Gasteiger partial charge in [-0.3, -0.25) is 14.2 Å². The van der Waals surface area contributed by atoms with Crippen LogP contribution < -0.4 is 5.56 Å². The summed E-state index contributed by atoms with van der Waals surface area (Å²) in [6.07, 6.45) is 1.82. The molecule has 2 aromatic heterocycles. The zero-order valence-electron chi connectivity index (χ0n) is 13.8. The summed E-state index contributed by atoms with van der Waals surface area (Å²) in [6, 6.07) is 1.78. The van der Waals surface area contributed by atoms with E-state index in [0.717, 1.165) is 31.6 Å². The molecule has 0 bridgehead atoms. The lowest BCUT2D eigenvalue weighted by atomic mass is 10.3. The fourth-order valence-corrected chi connectivity index (χ4v) is 2.66. The molecule has 6 heteroatoms. The second kappa shape index (κ2) is 6.77. The number of fused-ring (bicyclic) bond motifs is 1. The molecular weight excluding hydrogens is 280 g/mol. The van der Waals surface area contributed by atoms with Crippen molar-refractivity contribution in [3.8, 4) is 0 Å². The molecule has 1 N–H and O–H groups in total. The van der Waals surface area contributed by atoms with E-state index >= 15 is 0 Å². The standard InChI is InChI=1S/C16H24N4O2/c1-5-7-19(8-6-2)14(21)10-20-12(4)18-15-13(16(20)22)9-11(3)17-15/h9,17H,5-8,10H2,1-4H3. The van der Waals surface area contributed by atoms with E-state index in [1.165, 1.54) is 4.57 Å². The Labute approximate surface area is 130 Å². The molecule has 0 aromatic carbocycles. The predicted molar refractivity (Wildman–Crippen MR) is 87.0 cm³/mol. The average molecular weight is 304 g/mol. The summed E-state index contributed by atoms with van der Waals surface area (Å²) in [5.41, 5.74) is 1.32. The zero-order valence-corrected chi connectivity index (χ0v) is 13.8. The molecule has 2 rings (SSSR count). The normalized spacial score (nSPS) is 11.1. The first-order valence-corrected chi connectivity index (χ1v) is 7.82. The van der Waals surface area contributed by atoms with Gasteiger partial charge in [0.25, 0.3) is 5.56 Å². The van der Waals surface area contributed by atoms with E-state index in [2.05, 4.69) is 9.97 Å². The molecule has 1 amide bonds. The first-order valence-electron chi connectivity index (χ1n) is 7.82. The van der Waals surface area contributed by atoms with E-state index < -0.39 is 0 Å². The quantitative estimate of drug-likeness (QED) is 0.887. The minimum atomic E-state index is -0.159. The van der Waals surface area contributed by atoms with Gasteiger partial charge in [0.15, 0.2) is 0 Å². The van der Waals surface area contributed by atoms with Crippen molar-refractivity contribution in [2.45, 2.75) is 47.1 Å². The largest absolute Gasteiger partial charge is 0.343 e. The Morgan fingerprint density at radius 2 is 1.91 bits per heavy atom. The van der Waals surface area contributed by atoms with Crippen LogP contribution in [-0.4, -0.2) is 38.4 Å². The SMILES string of the molecule is CCCN(CCC)C(=O)Cn1c(C)nc2[nH]c(C)cc2c1=O. The van der Waals surface area contributed by atoms with Crippen LogP contribution in [0.5, 0.6) is 0 Å². The first-order chi connectivity index (χ1) is 10.5. The Kier molecular flexibility index (Phi) is 5.00. The van der Waals surface area contributed by atoms with E-state index in [0.29, 0.717) is 16.9 Å². The zero-order chi connectivity index (χ0) is 16.3. The van der Waals surface area contributed by atoms with Gasteiger partial charge in [-0.15, -0.1) is 0 Å². The number of carbonyl (C=O) groups excluding carboxylic acids is 1. The lowest BCUT2D eigenvalue weighted by molar-refractivity contribution is -0.132. The second-order valence-corrected chi connectivity index (χ2v) is 5.65. The van der Waals surface area contributed by atoms with Gasteiger partial charge in [-0.2, -0.15) is 0 Å². The molecule has 0 aliphatic carbocycles. The third kappa shape index (κ3) is 3.21. The highest BCUT2D eigenvalue weighted by atomic mass is 16.2. The number of H-pyrrole nitrogens is 1. The van der Waals surface area contributed by atoms with Gasteiger partial charge in [0.05, 0.1) is 5.39 Å². The van der Waals surface area contributed by atoms with Gasteiger partial charge in [0.1, 0.15) is 18.0 Å². The van der Waals surface area contributed by atoms with E-state index in [4.69, 9.17) is 0 Å². The summed E-state index contributed by atoms with van der Waals surface area (Å²) in [5, 5.41) is 0.536. The van der Waals surface area contributed by atoms with Gasteiger partial charge < -0.3 is 9.88 Å². The van der Waals surface area contributed by atoms with Crippen molar-refractivity contribution in [3.05, 3.63) is 27.9 Å². The highest BCUT2D eigenvalue weighted by Gasteiger charge is 2.16. The van der Waals surface area contributed by atoms with E-state index in [-0.39, 0.29) is 18.0 Å². The fraction of sp³-hybridized carbons (Fsp3) is 0.562. The fourth-order valence-electron chi connectivity index (χ4n) is 2.66. The molecule has 0 saturated heterocycles. The number of nitrogens with zero attached hydrogens (tertiary/aromatic N) is 3. The van der Waals surface area contributed by atoms with Crippen molar-refractivity contribution in [3.63, 3.8) is 0 Å². The number of aromatic amines is 1. The van der Waals surface area contributed by atoms with Crippen molar-refractivity contribution in [2.75, 3.05) is 13.1 Å². The van der Waals surface area contributed by atoms with Gasteiger partial charge in [-0.1, -0.05) is 13.8 Å². The molecule has 22 heavy (non-hydrogen) atoms. The molecule has 2 heterocycles. The van der Waals surface area contributed by atoms with Gasteiger partial charge in [0, 0.05) is 18.8 Å². The number of rotatable bonds is 6. The highest BCUT2D eigenvalue weighted by molar-refractivity contribution is 5.78. The third-order valence-electron chi connectivity index (χ3n) is 3.70. The van der Waals surface area contributed by atoms with Crippen LogP contribution in [0.4, 0.5) is 0 Å². The lowest BCUT2D eigenvalue weighted by Gasteiger charge is -2.22. The summed E-state index contributed by atoms with van der Waals surface area (Å²) in [4.78, 5) is 34.3. The number of amides is 1. The Hall–Kier alpha value is -2.11. The van der Waals surface area contributed by atoms with E-state index in [9.17, 15) is 9.59 Å². The van der Waals surface area contributed by atoms with Crippen LogP contribution in [0, 0.1) is 13.8 Å². The van der Waals surface area contributed by atoms with Gasteiger partial charge in [-0.05, 0) is 32.8 Å². The summed E-state index contributed by atoms with van der Waals surface area (Å²) in [5.74, 6) is 0.531. The molecule has 0 spiro atoms. The lowest BCUT2D eigenvalue weighted by Crippen LogP contribution is -2.38. The number of aromatic nitrogens is 3. The Morgan fingerprint density at radius 3 is 2.50 bits per heavy atom. The molecule has 6 nitrogen and oxygen atoms in total. The monoisotopic (exact) mass is 304 g/mol. The molecule has 2 aromatic rings. The molecular formula is C16H24N4O2. The minimum Gasteiger partial charge on any atom is -0.343 e. The van der Waals surface area contributed by atoms with Crippen LogP contribution in [-0.2, 0) is 11.3 Å². The number of aryl methyl sites for hydroxylation is 2. The minimum absolute atomic E-state index is 0.0256. The van der Waals surface area contributed by atoms with Crippen LogP contribution in [0.2, 0.25) is 0 Å². The molecule has 0 saturated carbocycles. The molecule has 120 valence electrons. The number of nitrogens with one attached hydrogen (secondary N) is 1. The molecule has 0 aliphatic rings. The van der Waals surface area contributed by atoms with Crippen molar-refractivity contribution >= 4 is 16.9 Å². The van der Waals surface area contributed by atoms with Crippen molar-refractivity contribution in [1.29, 1.82) is 0 Å². The smallest absolute Gasteiger partial charge is 0.263 e. The van der Waals surface area contributed by atoms with Gasteiger partial charge >= 0.3 is 0 Å². The molecule has 0 radical (unpaired) electrons. The van der Waals surface area contributed by atoms with E-state index in [1.807, 2.05) is 25.7 Å². The summed E-state index contributed by atoms with van der Waals surface area (Å²) in [6.45, 7) is 9.23. The van der Waals surface area contributed by atoms with Crippen LogP contribution >= 0.6 is 0 Å². The first kappa shape index (κ1) is 16.3. The molecule has 0 fully saturated rings. The average Bonchev–Trinajstić information content (AvgIpc) is 2.83. The maximum Gasteiger partial charge on any atom is 0.263 e. The second-order valence-electron chi connectivity index (χ2n) is 5.65. The van der Waals surface area contributed by atoms with Crippen LogP contribution in [0.3, 0.4) is 0 Å². The number of carbonyl (C=O) groups is 1. The number of hydrogen-bond acceptors (Lipinski definition) is 3. The molecule has 0 atom stereocenters. The topological polar surface area (TPSA) is 71.0 Å². The summed E-state index contributed by atoms with van der Waals surface area (Å²) >= 11 is 0. The Morgan fingerprint density at radius 1 is 1.27 bits per heavy atom. The molecule has 0 unspecified atom stereocenters. The maximum atomic E-state index is 12.6.